The van der Waals surface area contributed by atoms with Gasteiger partial charge < -0.3 is 15.5 Å². The lowest BCUT2D eigenvalue weighted by atomic mass is 10.3. The van der Waals surface area contributed by atoms with Crippen molar-refractivity contribution >= 4 is 41.3 Å². The number of aliphatic imine (C=N–C) groups is 1. The molecular formula is C16H30IN5S. The first-order valence-corrected chi connectivity index (χ1v) is 8.97. The molecular weight excluding hydrogens is 421 g/mol. The summed E-state index contributed by atoms with van der Waals surface area (Å²) in [5, 5.41) is 6.78. The Kier molecular flexibility index (Phi) is 10.1. The minimum absolute atomic E-state index is 0. The highest BCUT2D eigenvalue weighted by atomic mass is 127. The van der Waals surface area contributed by atoms with E-state index in [1.54, 1.807) is 0 Å². The van der Waals surface area contributed by atoms with E-state index in [0.717, 1.165) is 25.6 Å². The third-order valence-corrected chi connectivity index (χ3v) is 5.08. The van der Waals surface area contributed by atoms with Gasteiger partial charge in [0.25, 0.3) is 0 Å². The summed E-state index contributed by atoms with van der Waals surface area (Å²) in [5.74, 6) is 0.887. The van der Waals surface area contributed by atoms with Crippen LogP contribution in [-0.4, -0.2) is 68.6 Å². The fraction of sp³-hybridized carbons (Fsp3) is 0.688. The summed E-state index contributed by atoms with van der Waals surface area (Å²) >= 11 is 1.83. The van der Waals surface area contributed by atoms with Gasteiger partial charge in [-0.3, -0.25) is 9.89 Å². The maximum atomic E-state index is 4.29. The molecule has 1 aliphatic rings. The lowest BCUT2D eigenvalue weighted by Gasteiger charge is -2.34. The standard InChI is InChI=1S/C16H29N5S.HI/c1-4-20-9-11-21(12-10-20)8-7-18-16(17-3)19-13-15-6-5-14(2)22-15;/h5-6H,4,7-13H2,1-3H3,(H2,17,18,19);1H. The van der Waals surface area contributed by atoms with Crippen LogP contribution in [0.3, 0.4) is 0 Å². The number of nitrogens with zero attached hydrogens (tertiary/aromatic N) is 3. The van der Waals surface area contributed by atoms with Crippen molar-refractivity contribution in [3.05, 3.63) is 21.9 Å². The predicted molar refractivity (Wildman–Crippen MR) is 111 cm³/mol. The van der Waals surface area contributed by atoms with Crippen LogP contribution in [0.15, 0.2) is 17.1 Å². The molecule has 1 fully saturated rings. The van der Waals surface area contributed by atoms with E-state index in [1.165, 1.54) is 42.5 Å². The highest BCUT2D eigenvalue weighted by molar-refractivity contribution is 14.0. The van der Waals surface area contributed by atoms with Gasteiger partial charge in [-0.2, -0.15) is 0 Å². The molecule has 2 heterocycles. The van der Waals surface area contributed by atoms with Gasteiger partial charge in [0.2, 0.25) is 0 Å². The molecule has 7 heteroatoms. The number of halogens is 1. The molecule has 0 spiro atoms. The summed E-state index contributed by atoms with van der Waals surface area (Å²) in [6.45, 7) is 13.2. The number of rotatable bonds is 6. The van der Waals surface area contributed by atoms with Crippen LogP contribution in [0.1, 0.15) is 16.7 Å². The molecule has 2 rings (SSSR count). The SMILES string of the molecule is CCN1CCN(CCNC(=NC)NCc2ccc(C)s2)CC1.I. The molecule has 23 heavy (non-hydrogen) atoms. The topological polar surface area (TPSA) is 42.9 Å². The van der Waals surface area contributed by atoms with Crippen LogP contribution in [0, 0.1) is 6.92 Å². The van der Waals surface area contributed by atoms with E-state index in [9.17, 15) is 0 Å². The van der Waals surface area contributed by atoms with E-state index in [0.29, 0.717) is 0 Å². The predicted octanol–water partition coefficient (Wildman–Crippen LogP) is 1.98. The maximum absolute atomic E-state index is 4.29. The quantitative estimate of drug-likeness (QED) is 0.395. The summed E-state index contributed by atoms with van der Waals surface area (Å²) in [7, 11) is 1.83. The van der Waals surface area contributed by atoms with E-state index < -0.39 is 0 Å². The number of aryl methyl sites for hydroxylation is 1. The highest BCUT2D eigenvalue weighted by Gasteiger charge is 2.14. The molecule has 0 aliphatic carbocycles. The highest BCUT2D eigenvalue weighted by Crippen LogP contribution is 2.14. The Hall–Kier alpha value is -0.380. The van der Waals surface area contributed by atoms with E-state index in [2.05, 4.69) is 51.4 Å². The minimum atomic E-state index is 0. The van der Waals surface area contributed by atoms with Gasteiger partial charge >= 0.3 is 0 Å². The van der Waals surface area contributed by atoms with E-state index >= 15 is 0 Å². The van der Waals surface area contributed by atoms with Crippen molar-refractivity contribution < 1.29 is 0 Å². The number of hydrogen-bond acceptors (Lipinski definition) is 4. The number of nitrogens with one attached hydrogen (secondary N) is 2. The van der Waals surface area contributed by atoms with Crippen molar-refractivity contribution in [1.82, 2.24) is 20.4 Å². The number of hydrogen-bond donors (Lipinski definition) is 2. The average Bonchev–Trinajstić information content (AvgIpc) is 2.96. The third-order valence-electron chi connectivity index (χ3n) is 4.08. The zero-order valence-electron chi connectivity index (χ0n) is 14.5. The van der Waals surface area contributed by atoms with Crippen LogP contribution in [0.2, 0.25) is 0 Å². The lowest BCUT2D eigenvalue weighted by Crippen LogP contribution is -2.49. The molecule has 132 valence electrons. The second-order valence-electron chi connectivity index (χ2n) is 5.64. The summed E-state index contributed by atoms with van der Waals surface area (Å²) in [6.07, 6.45) is 0. The Morgan fingerprint density at radius 2 is 1.87 bits per heavy atom. The summed E-state index contributed by atoms with van der Waals surface area (Å²) in [6, 6.07) is 4.33. The smallest absolute Gasteiger partial charge is 0.191 e. The lowest BCUT2D eigenvalue weighted by molar-refractivity contribution is 0.139. The summed E-state index contributed by atoms with van der Waals surface area (Å²) in [4.78, 5) is 12.0. The van der Waals surface area contributed by atoms with Crippen molar-refractivity contribution in [3.8, 4) is 0 Å². The normalized spacial score (nSPS) is 16.9. The van der Waals surface area contributed by atoms with Crippen molar-refractivity contribution in [2.45, 2.75) is 20.4 Å². The fourth-order valence-electron chi connectivity index (χ4n) is 2.63. The number of guanidine groups is 1. The Labute approximate surface area is 161 Å². The molecule has 0 bridgehead atoms. The van der Waals surface area contributed by atoms with Crippen molar-refractivity contribution in [1.29, 1.82) is 0 Å². The molecule has 1 aromatic heterocycles. The van der Waals surface area contributed by atoms with Gasteiger partial charge in [0, 0.05) is 56.1 Å². The van der Waals surface area contributed by atoms with Crippen LogP contribution in [0.4, 0.5) is 0 Å². The van der Waals surface area contributed by atoms with Crippen molar-refractivity contribution in [3.63, 3.8) is 0 Å². The molecule has 5 nitrogen and oxygen atoms in total. The molecule has 0 atom stereocenters. The van der Waals surface area contributed by atoms with E-state index in [4.69, 9.17) is 0 Å². The summed E-state index contributed by atoms with van der Waals surface area (Å²) in [5.41, 5.74) is 0. The molecule has 0 radical (unpaired) electrons. The van der Waals surface area contributed by atoms with Gasteiger partial charge in [-0.1, -0.05) is 6.92 Å². The monoisotopic (exact) mass is 451 g/mol. The summed E-state index contributed by atoms with van der Waals surface area (Å²) < 4.78 is 0. The zero-order chi connectivity index (χ0) is 15.8. The average molecular weight is 451 g/mol. The van der Waals surface area contributed by atoms with Crippen LogP contribution in [0.25, 0.3) is 0 Å². The molecule has 1 saturated heterocycles. The van der Waals surface area contributed by atoms with Crippen LogP contribution in [-0.2, 0) is 6.54 Å². The van der Waals surface area contributed by atoms with Gasteiger partial charge in [0.05, 0.1) is 6.54 Å². The van der Waals surface area contributed by atoms with Gasteiger partial charge in [-0.15, -0.1) is 35.3 Å². The Morgan fingerprint density at radius 1 is 1.17 bits per heavy atom. The number of thiophene rings is 1. The second kappa shape index (κ2) is 11.2. The van der Waals surface area contributed by atoms with Crippen LogP contribution in [0.5, 0.6) is 0 Å². The number of likely N-dealkylation sites (N-methyl/N-ethyl adjacent to an activating group) is 1. The molecule has 0 aromatic carbocycles. The Bertz CT molecular complexity index is 469. The van der Waals surface area contributed by atoms with Gasteiger partial charge in [0.15, 0.2) is 5.96 Å². The molecule has 1 aromatic rings. The largest absolute Gasteiger partial charge is 0.355 e. The van der Waals surface area contributed by atoms with E-state index in [1.807, 2.05) is 18.4 Å². The van der Waals surface area contributed by atoms with Crippen LogP contribution >= 0.6 is 35.3 Å². The first-order chi connectivity index (χ1) is 10.7. The van der Waals surface area contributed by atoms with Gasteiger partial charge in [-0.25, -0.2) is 0 Å². The first kappa shape index (κ1) is 20.7. The molecule has 0 saturated carbocycles. The van der Waals surface area contributed by atoms with E-state index in [-0.39, 0.29) is 24.0 Å². The molecule has 0 unspecified atom stereocenters. The number of piperazine rings is 1. The minimum Gasteiger partial charge on any atom is -0.355 e. The molecule has 0 amide bonds. The Morgan fingerprint density at radius 3 is 2.43 bits per heavy atom. The van der Waals surface area contributed by atoms with Gasteiger partial charge in [-0.05, 0) is 25.6 Å². The zero-order valence-corrected chi connectivity index (χ0v) is 17.6. The fourth-order valence-corrected chi connectivity index (χ4v) is 3.46. The van der Waals surface area contributed by atoms with Crippen molar-refractivity contribution in [2.75, 3.05) is 52.9 Å². The van der Waals surface area contributed by atoms with Crippen molar-refractivity contribution in [2.24, 2.45) is 4.99 Å². The Balaban J connectivity index is 0.00000264. The molecule has 2 N–H and O–H groups in total. The van der Waals surface area contributed by atoms with Gasteiger partial charge in [0.1, 0.15) is 0 Å². The maximum Gasteiger partial charge on any atom is 0.191 e. The third kappa shape index (κ3) is 7.36. The second-order valence-corrected chi connectivity index (χ2v) is 7.01. The first-order valence-electron chi connectivity index (χ1n) is 8.15. The van der Waals surface area contributed by atoms with Crippen LogP contribution < -0.4 is 10.6 Å². The molecule has 1 aliphatic heterocycles.